The van der Waals surface area contributed by atoms with Gasteiger partial charge in [0, 0.05) is 6.42 Å². The highest BCUT2D eigenvalue weighted by molar-refractivity contribution is 5.79. The van der Waals surface area contributed by atoms with Gasteiger partial charge in [-0.3, -0.25) is 4.79 Å². The Kier molecular flexibility index (Phi) is 3.33. The highest BCUT2D eigenvalue weighted by Crippen LogP contribution is 2.26. The zero-order valence-corrected chi connectivity index (χ0v) is 9.90. The molecule has 2 rings (SSSR count). The van der Waals surface area contributed by atoms with Crippen LogP contribution in [-0.2, 0) is 11.2 Å². The predicted molar refractivity (Wildman–Crippen MR) is 64.3 cm³/mol. The lowest BCUT2D eigenvalue weighted by Gasteiger charge is -2.24. The maximum Gasteiger partial charge on any atom is 0.324 e. The normalized spacial score (nSPS) is 23.6. The summed E-state index contributed by atoms with van der Waals surface area (Å²) in [6, 6.07) is 7.58. The van der Waals surface area contributed by atoms with Crippen molar-refractivity contribution < 1.29 is 14.6 Å². The van der Waals surface area contributed by atoms with Gasteiger partial charge in [0.2, 0.25) is 0 Å². The summed E-state index contributed by atoms with van der Waals surface area (Å²) in [5.74, 6) is -0.00106. The molecule has 0 amide bonds. The number of methoxy groups -OCH3 is 1. The van der Waals surface area contributed by atoms with Crippen molar-refractivity contribution in [2.75, 3.05) is 13.7 Å². The molecule has 0 bridgehead atoms. The number of carboxylic acids is 1. The Morgan fingerprint density at radius 2 is 2.41 bits per heavy atom. The van der Waals surface area contributed by atoms with Crippen LogP contribution >= 0.6 is 0 Å². The van der Waals surface area contributed by atoms with Gasteiger partial charge in [-0.2, -0.15) is 0 Å². The Hall–Kier alpha value is -1.55. The first-order chi connectivity index (χ1) is 8.16. The van der Waals surface area contributed by atoms with Crippen molar-refractivity contribution in [1.29, 1.82) is 0 Å². The Labute approximate surface area is 101 Å². The molecule has 1 saturated heterocycles. The van der Waals surface area contributed by atoms with Gasteiger partial charge >= 0.3 is 5.97 Å². The average Bonchev–Trinajstić information content (AvgIpc) is 2.79. The second-order valence-electron chi connectivity index (χ2n) is 4.45. The molecule has 0 spiro atoms. The minimum absolute atomic E-state index is 0.500. The Balaban J connectivity index is 2.20. The first-order valence-electron chi connectivity index (χ1n) is 5.78. The van der Waals surface area contributed by atoms with Crippen molar-refractivity contribution in [3.8, 4) is 5.75 Å². The van der Waals surface area contributed by atoms with Crippen LogP contribution in [0.25, 0.3) is 0 Å². The zero-order valence-electron chi connectivity index (χ0n) is 9.90. The topological polar surface area (TPSA) is 58.6 Å². The number of nitrogens with one attached hydrogen (secondary N) is 1. The van der Waals surface area contributed by atoms with E-state index >= 15 is 0 Å². The standard InChI is InChI=1S/C13H17NO3/c1-17-11-5-2-4-10(8-11)9-13(12(15)16)6-3-7-14-13/h2,4-5,8,14H,3,6-7,9H2,1H3,(H,15,16)/t13-/m1/s1. The van der Waals surface area contributed by atoms with Gasteiger partial charge in [0.05, 0.1) is 7.11 Å². The Morgan fingerprint density at radius 1 is 1.59 bits per heavy atom. The SMILES string of the molecule is COc1cccc(C[C@@]2(C(=O)O)CCCN2)c1. The lowest BCUT2D eigenvalue weighted by atomic mass is 9.89. The molecule has 0 radical (unpaired) electrons. The third-order valence-electron chi connectivity index (χ3n) is 3.29. The molecule has 1 aromatic carbocycles. The van der Waals surface area contributed by atoms with Gasteiger partial charge in [-0.15, -0.1) is 0 Å². The highest BCUT2D eigenvalue weighted by Gasteiger charge is 2.40. The minimum atomic E-state index is -0.799. The Morgan fingerprint density at radius 3 is 3.00 bits per heavy atom. The molecule has 4 heteroatoms. The average molecular weight is 235 g/mol. The second-order valence-corrected chi connectivity index (χ2v) is 4.45. The van der Waals surface area contributed by atoms with Crippen LogP contribution in [0.4, 0.5) is 0 Å². The molecular weight excluding hydrogens is 218 g/mol. The van der Waals surface area contributed by atoms with Gasteiger partial charge in [-0.1, -0.05) is 12.1 Å². The lowest BCUT2D eigenvalue weighted by molar-refractivity contribution is -0.144. The number of hydrogen-bond acceptors (Lipinski definition) is 3. The molecule has 1 aliphatic heterocycles. The number of carbonyl (C=O) groups is 1. The van der Waals surface area contributed by atoms with Crippen LogP contribution in [0.1, 0.15) is 18.4 Å². The van der Waals surface area contributed by atoms with Crippen molar-refractivity contribution in [3.05, 3.63) is 29.8 Å². The van der Waals surface area contributed by atoms with Gasteiger partial charge in [-0.05, 0) is 37.1 Å². The number of ether oxygens (including phenoxy) is 1. The molecule has 0 saturated carbocycles. The van der Waals surface area contributed by atoms with E-state index in [0.717, 1.165) is 24.3 Å². The molecule has 1 aliphatic rings. The predicted octanol–water partition coefficient (Wildman–Crippen LogP) is 1.44. The molecule has 2 N–H and O–H groups in total. The summed E-state index contributed by atoms with van der Waals surface area (Å²) in [5.41, 5.74) is 0.188. The Bertz CT molecular complexity index is 411. The second kappa shape index (κ2) is 4.75. The van der Waals surface area contributed by atoms with E-state index in [1.54, 1.807) is 7.11 Å². The lowest BCUT2D eigenvalue weighted by Crippen LogP contribution is -2.49. The van der Waals surface area contributed by atoms with Crippen molar-refractivity contribution in [2.24, 2.45) is 0 Å². The number of carboxylic acid groups (broad SMARTS) is 1. The van der Waals surface area contributed by atoms with Gasteiger partial charge in [0.15, 0.2) is 0 Å². The molecule has 1 atom stereocenters. The molecular formula is C13H17NO3. The van der Waals surface area contributed by atoms with Crippen molar-refractivity contribution in [2.45, 2.75) is 24.8 Å². The molecule has 4 nitrogen and oxygen atoms in total. The van der Waals surface area contributed by atoms with Crippen molar-refractivity contribution in [3.63, 3.8) is 0 Å². The fourth-order valence-electron chi connectivity index (χ4n) is 2.35. The summed E-state index contributed by atoms with van der Waals surface area (Å²) in [4.78, 5) is 11.4. The van der Waals surface area contributed by atoms with Crippen LogP contribution in [0.2, 0.25) is 0 Å². The van der Waals surface area contributed by atoms with Crippen molar-refractivity contribution >= 4 is 5.97 Å². The molecule has 0 aromatic heterocycles. The summed E-state index contributed by atoms with van der Waals surface area (Å²) >= 11 is 0. The van der Waals surface area contributed by atoms with E-state index in [1.165, 1.54) is 0 Å². The van der Waals surface area contributed by atoms with Crippen molar-refractivity contribution in [1.82, 2.24) is 5.32 Å². The van der Waals surface area contributed by atoms with Crippen LogP contribution in [0.15, 0.2) is 24.3 Å². The molecule has 1 aromatic rings. The molecule has 0 unspecified atom stereocenters. The van der Waals surface area contributed by atoms with E-state index in [0.29, 0.717) is 12.8 Å². The van der Waals surface area contributed by atoms with E-state index in [9.17, 15) is 9.90 Å². The zero-order chi connectivity index (χ0) is 12.3. The maximum absolute atomic E-state index is 11.4. The molecule has 17 heavy (non-hydrogen) atoms. The fraction of sp³-hybridized carbons (Fsp3) is 0.462. The van der Waals surface area contributed by atoms with E-state index in [1.807, 2.05) is 24.3 Å². The van der Waals surface area contributed by atoms with Gasteiger partial charge in [0.25, 0.3) is 0 Å². The summed E-state index contributed by atoms with van der Waals surface area (Å²) < 4.78 is 5.14. The largest absolute Gasteiger partial charge is 0.497 e. The first-order valence-corrected chi connectivity index (χ1v) is 5.78. The molecule has 92 valence electrons. The third-order valence-corrected chi connectivity index (χ3v) is 3.29. The number of rotatable bonds is 4. The van der Waals surface area contributed by atoms with Crippen LogP contribution in [0.5, 0.6) is 5.75 Å². The monoisotopic (exact) mass is 235 g/mol. The summed E-state index contributed by atoms with van der Waals surface area (Å²) in [6.45, 7) is 0.774. The van der Waals surface area contributed by atoms with E-state index in [-0.39, 0.29) is 0 Å². The van der Waals surface area contributed by atoms with E-state index in [4.69, 9.17) is 4.74 Å². The van der Waals surface area contributed by atoms with E-state index < -0.39 is 11.5 Å². The third kappa shape index (κ3) is 2.42. The summed E-state index contributed by atoms with van der Waals surface area (Å²) in [7, 11) is 1.61. The minimum Gasteiger partial charge on any atom is -0.497 e. The van der Waals surface area contributed by atoms with Gasteiger partial charge in [0.1, 0.15) is 11.3 Å². The molecule has 0 aliphatic carbocycles. The van der Waals surface area contributed by atoms with Crippen LogP contribution in [0.3, 0.4) is 0 Å². The quantitative estimate of drug-likeness (QED) is 0.829. The summed E-state index contributed by atoms with van der Waals surface area (Å²) in [6.07, 6.45) is 2.09. The van der Waals surface area contributed by atoms with Crippen LogP contribution < -0.4 is 10.1 Å². The molecule has 1 fully saturated rings. The fourth-order valence-corrected chi connectivity index (χ4v) is 2.35. The van der Waals surface area contributed by atoms with E-state index in [2.05, 4.69) is 5.32 Å². The van der Waals surface area contributed by atoms with Crippen LogP contribution in [0, 0.1) is 0 Å². The molecule has 1 heterocycles. The summed E-state index contributed by atoms with van der Waals surface area (Å²) in [5, 5.41) is 12.5. The smallest absolute Gasteiger partial charge is 0.324 e. The highest BCUT2D eigenvalue weighted by atomic mass is 16.5. The van der Waals surface area contributed by atoms with Gasteiger partial charge < -0.3 is 15.2 Å². The van der Waals surface area contributed by atoms with Crippen LogP contribution in [-0.4, -0.2) is 30.3 Å². The number of aliphatic carboxylic acids is 1. The number of benzene rings is 1. The first kappa shape index (κ1) is 11.9. The van der Waals surface area contributed by atoms with Gasteiger partial charge in [-0.25, -0.2) is 0 Å². The number of hydrogen-bond donors (Lipinski definition) is 2. The maximum atomic E-state index is 11.4.